The van der Waals surface area contributed by atoms with Crippen LogP contribution >= 0.6 is 23.2 Å². The largest absolute Gasteiger partial charge is 0.491 e. The highest BCUT2D eigenvalue weighted by Crippen LogP contribution is 2.29. The molecule has 0 atom stereocenters. The second kappa shape index (κ2) is 7.58. The van der Waals surface area contributed by atoms with Crippen LogP contribution in [0, 0.1) is 6.92 Å². The van der Waals surface area contributed by atoms with Crippen LogP contribution in [0.2, 0.25) is 10.0 Å². The Bertz CT molecular complexity index is 614. The minimum absolute atomic E-state index is 0.689. The molecular formula is C17H19Cl2NO. The summed E-state index contributed by atoms with van der Waals surface area (Å²) in [4.78, 5) is 0. The first-order valence-electron chi connectivity index (χ1n) is 7.01. The van der Waals surface area contributed by atoms with Crippen molar-refractivity contribution in [3.8, 4) is 5.75 Å². The summed E-state index contributed by atoms with van der Waals surface area (Å²) in [6, 6.07) is 11.5. The van der Waals surface area contributed by atoms with Crippen molar-refractivity contribution in [2.75, 3.05) is 11.9 Å². The van der Waals surface area contributed by atoms with E-state index < -0.39 is 0 Å². The maximum absolute atomic E-state index is 6.07. The normalized spacial score (nSPS) is 10.5. The van der Waals surface area contributed by atoms with Crippen molar-refractivity contribution in [2.45, 2.75) is 26.8 Å². The first-order valence-corrected chi connectivity index (χ1v) is 7.77. The number of hydrogen-bond donors (Lipinski definition) is 1. The lowest BCUT2D eigenvalue weighted by atomic mass is 10.1. The van der Waals surface area contributed by atoms with E-state index in [0.717, 1.165) is 28.4 Å². The van der Waals surface area contributed by atoms with Gasteiger partial charge in [-0.2, -0.15) is 0 Å². The highest BCUT2D eigenvalue weighted by atomic mass is 35.5. The lowest BCUT2D eigenvalue weighted by molar-refractivity contribution is 0.319. The van der Waals surface area contributed by atoms with Crippen LogP contribution in [0.4, 0.5) is 5.69 Å². The fraction of sp³-hybridized carbons (Fsp3) is 0.294. The monoisotopic (exact) mass is 323 g/mol. The molecule has 4 heteroatoms. The third-order valence-electron chi connectivity index (χ3n) is 3.18. The standard InChI is InChI=1S/C17H19Cl2NO/c1-3-8-21-17-7-6-15(19)10-16(17)20-11-13-4-5-14(18)9-12(13)2/h4-7,9-10,20H,3,8,11H2,1-2H3. The van der Waals surface area contributed by atoms with Gasteiger partial charge in [-0.3, -0.25) is 0 Å². The topological polar surface area (TPSA) is 21.3 Å². The molecule has 0 aliphatic rings. The summed E-state index contributed by atoms with van der Waals surface area (Å²) in [6.07, 6.45) is 0.971. The van der Waals surface area contributed by atoms with Crippen LogP contribution in [0.25, 0.3) is 0 Å². The van der Waals surface area contributed by atoms with E-state index in [4.69, 9.17) is 27.9 Å². The minimum Gasteiger partial charge on any atom is -0.491 e. The maximum atomic E-state index is 6.07. The lowest BCUT2D eigenvalue weighted by Crippen LogP contribution is -2.04. The fourth-order valence-electron chi connectivity index (χ4n) is 2.03. The van der Waals surface area contributed by atoms with Crippen molar-refractivity contribution in [3.63, 3.8) is 0 Å². The van der Waals surface area contributed by atoms with Gasteiger partial charge in [-0.15, -0.1) is 0 Å². The summed E-state index contributed by atoms with van der Waals surface area (Å²) in [5.74, 6) is 0.827. The van der Waals surface area contributed by atoms with Gasteiger partial charge in [-0.1, -0.05) is 36.2 Å². The van der Waals surface area contributed by atoms with Gasteiger partial charge in [0, 0.05) is 16.6 Å². The van der Waals surface area contributed by atoms with Crippen LogP contribution in [-0.2, 0) is 6.54 Å². The summed E-state index contributed by atoms with van der Waals surface area (Å²) in [5, 5.41) is 4.83. The van der Waals surface area contributed by atoms with Gasteiger partial charge in [0.05, 0.1) is 12.3 Å². The summed E-state index contributed by atoms with van der Waals surface area (Å²) in [6.45, 7) is 5.53. The van der Waals surface area contributed by atoms with Gasteiger partial charge in [0.1, 0.15) is 5.75 Å². The molecule has 0 fully saturated rings. The molecule has 2 aromatic carbocycles. The first-order chi connectivity index (χ1) is 10.1. The Hall–Kier alpha value is -1.38. The summed E-state index contributed by atoms with van der Waals surface area (Å²) in [5.41, 5.74) is 3.26. The second-order valence-corrected chi connectivity index (χ2v) is 5.79. The van der Waals surface area contributed by atoms with E-state index in [-0.39, 0.29) is 0 Å². The highest BCUT2D eigenvalue weighted by molar-refractivity contribution is 6.31. The van der Waals surface area contributed by atoms with Gasteiger partial charge in [-0.05, 0) is 54.8 Å². The molecule has 21 heavy (non-hydrogen) atoms. The molecule has 0 radical (unpaired) electrons. The van der Waals surface area contributed by atoms with Crippen molar-refractivity contribution in [3.05, 3.63) is 57.6 Å². The number of aryl methyl sites for hydroxylation is 1. The van der Waals surface area contributed by atoms with Crippen LogP contribution in [0.15, 0.2) is 36.4 Å². The molecule has 0 amide bonds. The number of ether oxygens (including phenoxy) is 1. The molecule has 112 valence electrons. The third kappa shape index (κ3) is 4.55. The van der Waals surface area contributed by atoms with E-state index in [9.17, 15) is 0 Å². The van der Waals surface area contributed by atoms with Crippen molar-refractivity contribution in [2.24, 2.45) is 0 Å². The smallest absolute Gasteiger partial charge is 0.142 e. The molecule has 0 saturated carbocycles. The van der Waals surface area contributed by atoms with Crippen molar-refractivity contribution in [1.29, 1.82) is 0 Å². The van der Waals surface area contributed by atoms with Crippen molar-refractivity contribution >= 4 is 28.9 Å². The lowest BCUT2D eigenvalue weighted by Gasteiger charge is -2.14. The number of halogens is 2. The van der Waals surface area contributed by atoms with E-state index in [0.29, 0.717) is 18.2 Å². The summed E-state index contributed by atoms with van der Waals surface area (Å²) < 4.78 is 5.74. The van der Waals surface area contributed by atoms with Crippen molar-refractivity contribution < 1.29 is 4.74 Å². The summed E-state index contributed by atoms with van der Waals surface area (Å²) >= 11 is 12.1. The number of anilines is 1. The van der Waals surface area contributed by atoms with Crippen LogP contribution in [-0.4, -0.2) is 6.61 Å². The van der Waals surface area contributed by atoms with Crippen LogP contribution in [0.3, 0.4) is 0 Å². The molecule has 1 N–H and O–H groups in total. The molecule has 0 spiro atoms. The van der Waals surface area contributed by atoms with Crippen LogP contribution < -0.4 is 10.1 Å². The predicted molar refractivity (Wildman–Crippen MR) is 90.8 cm³/mol. The second-order valence-electron chi connectivity index (χ2n) is 4.91. The van der Waals surface area contributed by atoms with Gasteiger partial charge >= 0.3 is 0 Å². The first kappa shape index (κ1) is 16.0. The van der Waals surface area contributed by atoms with Gasteiger partial charge in [0.2, 0.25) is 0 Å². The molecule has 2 rings (SSSR count). The molecule has 0 unspecified atom stereocenters. The van der Waals surface area contributed by atoms with E-state index in [1.165, 1.54) is 5.56 Å². The molecule has 0 heterocycles. The van der Waals surface area contributed by atoms with E-state index in [1.807, 2.05) is 36.4 Å². The Morgan fingerprint density at radius 3 is 2.48 bits per heavy atom. The fourth-order valence-corrected chi connectivity index (χ4v) is 2.43. The van der Waals surface area contributed by atoms with Crippen LogP contribution in [0.5, 0.6) is 5.75 Å². The molecule has 2 nitrogen and oxygen atoms in total. The van der Waals surface area contributed by atoms with E-state index >= 15 is 0 Å². The zero-order valence-electron chi connectivity index (χ0n) is 12.2. The van der Waals surface area contributed by atoms with Gasteiger partial charge in [-0.25, -0.2) is 0 Å². The Balaban J connectivity index is 2.12. The van der Waals surface area contributed by atoms with Crippen molar-refractivity contribution in [1.82, 2.24) is 0 Å². The molecule has 0 aromatic heterocycles. The van der Waals surface area contributed by atoms with Gasteiger partial charge < -0.3 is 10.1 Å². The average Bonchev–Trinajstić information content (AvgIpc) is 2.45. The minimum atomic E-state index is 0.689. The molecule has 2 aromatic rings. The Morgan fingerprint density at radius 1 is 1.05 bits per heavy atom. The maximum Gasteiger partial charge on any atom is 0.142 e. The third-order valence-corrected chi connectivity index (χ3v) is 3.65. The van der Waals surface area contributed by atoms with Gasteiger partial charge in [0.15, 0.2) is 0 Å². The molecule has 0 aliphatic carbocycles. The van der Waals surface area contributed by atoms with Crippen LogP contribution in [0.1, 0.15) is 24.5 Å². The number of rotatable bonds is 6. The zero-order chi connectivity index (χ0) is 15.2. The average molecular weight is 324 g/mol. The quantitative estimate of drug-likeness (QED) is 0.735. The number of hydrogen-bond acceptors (Lipinski definition) is 2. The molecule has 0 aliphatic heterocycles. The molecule has 0 saturated heterocycles. The number of benzene rings is 2. The Kier molecular flexibility index (Phi) is 5.77. The molecule has 0 bridgehead atoms. The zero-order valence-corrected chi connectivity index (χ0v) is 13.8. The van der Waals surface area contributed by atoms with E-state index in [2.05, 4.69) is 19.2 Å². The highest BCUT2D eigenvalue weighted by Gasteiger charge is 2.06. The summed E-state index contributed by atoms with van der Waals surface area (Å²) in [7, 11) is 0. The SMILES string of the molecule is CCCOc1ccc(Cl)cc1NCc1ccc(Cl)cc1C. The van der Waals surface area contributed by atoms with Gasteiger partial charge in [0.25, 0.3) is 0 Å². The Morgan fingerprint density at radius 2 is 1.76 bits per heavy atom. The predicted octanol–water partition coefficient (Wildman–Crippen LogP) is 5.70. The molecular weight excluding hydrogens is 305 g/mol. The van der Waals surface area contributed by atoms with E-state index in [1.54, 1.807) is 0 Å². The number of nitrogens with one attached hydrogen (secondary N) is 1. The Labute approximate surface area is 136 Å².